The number of aryl methyl sites for hydroxylation is 1. The van der Waals surface area contributed by atoms with Gasteiger partial charge < -0.3 is 4.74 Å². The number of carbonyl (C=O) groups is 1. The second-order valence-corrected chi connectivity index (χ2v) is 3.61. The van der Waals surface area contributed by atoms with Crippen LogP contribution < -0.4 is 62.9 Å². The summed E-state index contributed by atoms with van der Waals surface area (Å²) >= 11 is 0. The summed E-state index contributed by atoms with van der Waals surface area (Å²) < 4.78 is 18.2. The number of ether oxygens (including phenoxy) is 1. The average Bonchev–Trinajstić information content (AvgIpc) is 2.33. The normalized spacial score (nSPS) is 9.44. The zero-order valence-corrected chi connectivity index (χ0v) is 15.2. The van der Waals surface area contributed by atoms with Gasteiger partial charge in [-0.05, 0) is 19.1 Å². The molecule has 0 saturated carbocycles. The van der Waals surface area contributed by atoms with Crippen LogP contribution in [0.4, 0.5) is 4.39 Å². The summed E-state index contributed by atoms with van der Waals surface area (Å²) in [5.41, 5.74) is 1.44. The summed E-state index contributed by atoms with van der Waals surface area (Å²) in [7, 11) is 0. The van der Waals surface area contributed by atoms with E-state index in [2.05, 4.69) is 6.07 Å². The number of carbonyl (C=O) groups excluding carboxylic acids is 1. The Bertz CT molecular complexity index is 538. The van der Waals surface area contributed by atoms with Crippen LogP contribution in [-0.2, 0) is 0 Å². The number of rotatable bonds is 2. The quantitative estimate of drug-likeness (QED) is 0.448. The molecule has 0 aliphatic carbocycles. The summed E-state index contributed by atoms with van der Waals surface area (Å²) in [5.74, 6) is -1.27. The van der Waals surface area contributed by atoms with E-state index in [0.717, 1.165) is 11.6 Å². The standard InChI is InChI=1S/C14H10FO2.Rb/c1-10-6-8-11(9-7-10)14(16)17-13-5-3-2-4-12(13)15;/h3-9H,1H3;/q-1;+1. The fraction of sp³-hybridized carbons (Fsp3) is 0.0714. The Morgan fingerprint density at radius 1 is 1.22 bits per heavy atom. The molecule has 0 radical (unpaired) electrons. The zero-order chi connectivity index (χ0) is 12.3. The van der Waals surface area contributed by atoms with Gasteiger partial charge in [0.25, 0.3) is 0 Å². The predicted molar refractivity (Wildman–Crippen MR) is 61.4 cm³/mol. The van der Waals surface area contributed by atoms with E-state index >= 15 is 0 Å². The maximum absolute atomic E-state index is 13.2. The molecular weight excluding hydrogens is 305 g/mol. The van der Waals surface area contributed by atoms with Gasteiger partial charge >= 0.3 is 64.2 Å². The molecule has 2 aromatic carbocycles. The maximum Gasteiger partial charge on any atom is 1.00 e. The van der Waals surface area contributed by atoms with Crippen molar-refractivity contribution in [2.45, 2.75) is 6.92 Å². The third-order valence-corrected chi connectivity index (χ3v) is 2.27. The number of hydrogen-bond donors (Lipinski definition) is 0. The Kier molecular flexibility index (Phi) is 6.36. The molecule has 0 heterocycles. The first-order chi connectivity index (χ1) is 8.16. The monoisotopic (exact) mass is 314 g/mol. The molecular formula is C14H10FO2Rb. The maximum atomic E-state index is 13.2. The van der Waals surface area contributed by atoms with Crippen molar-refractivity contribution in [3.8, 4) is 5.75 Å². The Morgan fingerprint density at radius 3 is 2.50 bits per heavy atom. The van der Waals surface area contributed by atoms with Crippen molar-refractivity contribution in [1.82, 2.24) is 0 Å². The fourth-order valence-corrected chi connectivity index (χ4v) is 1.33. The summed E-state index contributed by atoms with van der Waals surface area (Å²) in [6.07, 6.45) is 0. The van der Waals surface area contributed by atoms with Crippen molar-refractivity contribution in [3.63, 3.8) is 0 Å². The minimum absolute atomic E-state index is 0. The largest absolute Gasteiger partial charge is 1.00 e. The second kappa shape index (κ2) is 7.29. The number of esters is 1. The molecule has 0 fully saturated rings. The molecule has 18 heavy (non-hydrogen) atoms. The molecule has 2 nitrogen and oxygen atoms in total. The minimum atomic E-state index is -0.604. The van der Waals surface area contributed by atoms with Gasteiger partial charge in [0, 0.05) is 0 Å². The van der Waals surface area contributed by atoms with Gasteiger partial charge in [0.2, 0.25) is 0 Å². The van der Waals surface area contributed by atoms with Crippen molar-refractivity contribution >= 4 is 5.97 Å². The summed E-state index contributed by atoms with van der Waals surface area (Å²) in [5, 5.41) is 0. The Balaban J connectivity index is 0.00000162. The van der Waals surface area contributed by atoms with E-state index in [4.69, 9.17) is 4.74 Å². The van der Waals surface area contributed by atoms with E-state index in [1.54, 1.807) is 24.3 Å². The van der Waals surface area contributed by atoms with Crippen molar-refractivity contribution < 1.29 is 72.1 Å². The van der Waals surface area contributed by atoms with Crippen LogP contribution in [0, 0.1) is 18.8 Å². The number of hydrogen-bond acceptors (Lipinski definition) is 2. The molecule has 0 aliphatic heterocycles. The number of halogens is 1. The fourth-order valence-electron chi connectivity index (χ4n) is 1.33. The first kappa shape index (κ1) is 15.7. The van der Waals surface area contributed by atoms with Crippen LogP contribution in [0.1, 0.15) is 15.9 Å². The molecule has 0 bridgehead atoms. The second-order valence-electron chi connectivity index (χ2n) is 3.61. The van der Waals surface area contributed by atoms with Crippen molar-refractivity contribution in [2.24, 2.45) is 0 Å². The van der Waals surface area contributed by atoms with E-state index in [1.165, 1.54) is 12.1 Å². The molecule has 0 unspecified atom stereocenters. The van der Waals surface area contributed by atoms with Gasteiger partial charge in [-0.15, -0.1) is 12.1 Å². The molecule has 0 N–H and O–H groups in total. The van der Waals surface area contributed by atoms with Crippen LogP contribution in [0.5, 0.6) is 5.75 Å². The summed E-state index contributed by atoms with van der Waals surface area (Å²) in [6, 6.07) is 13.4. The molecule has 0 aliphatic rings. The number of benzene rings is 2. The Hall–Kier alpha value is -0.355. The van der Waals surface area contributed by atoms with Gasteiger partial charge in [-0.2, -0.15) is 12.1 Å². The van der Waals surface area contributed by atoms with Gasteiger partial charge in [0.15, 0.2) is 0 Å². The van der Waals surface area contributed by atoms with Crippen molar-refractivity contribution in [2.75, 3.05) is 0 Å². The summed E-state index contributed by atoms with van der Waals surface area (Å²) in [4.78, 5) is 11.7. The van der Waals surface area contributed by atoms with Crippen molar-refractivity contribution in [3.05, 3.63) is 65.5 Å². The van der Waals surface area contributed by atoms with Crippen LogP contribution >= 0.6 is 0 Å². The molecule has 0 aromatic heterocycles. The van der Waals surface area contributed by atoms with Crippen LogP contribution in [0.3, 0.4) is 0 Å². The van der Waals surface area contributed by atoms with E-state index in [-0.39, 0.29) is 63.9 Å². The molecule has 0 spiro atoms. The molecule has 86 valence electrons. The predicted octanol–water partition coefficient (Wildman–Crippen LogP) is 0.158. The van der Waals surface area contributed by atoms with Crippen LogP contribution in [0.15, 0.2) is 42.5 Å². The molecule has 2 rings (SSSR count). The van der Waals surface area contributed by atoms with E-state index < -0.39 is 11.8 Å². The van der Waals surface area contributed by atoms with Gasteiger partial charge in [-0.1, -0.05) is 17.7 Å². The molecule has 2 aromatic rings. The third kappa shape index (κ3) is 4.09. The molecule has 0 atom stereocenters. The third-order valence-electron chi connectivity index (χ3n) is 2.27. The topological polar surface area (TPSA) is 26.3 Å². The van der Waals surface area contributed by atoms with Gasteiger partial charge in [-0.25, -0.2) is 4.79 Å². The van der Waals surface area contributed by atoms with E-state index in [9.17, 15) is 9.18 Å². The van der Waals surface area contributed by atoms with E-state index in [0.29, 0.717) is 5.56 Å². The van der Waals surface area contributed by atoms with Crippen LogP contribution in [0.25, 0.3) is 0 Å². The van der Waals surface area contributed by atoms with Gasteiger partial charge in [0.1, 0.15) is 0 Å². The van der Waals surface area contributed by atoms with Gasteiger partial charge in [0.05, 0.1) is 17.1 Å². The van der Waals surface area contributed by atoms with Crippen LogP contribution in [-0.4, -0.2) is 5.97 Å². The Morgan fingerprint density at radius 2 is 1.89 bits per heavy atom. The first-order valence-corrected chi connectivity index (χ1v) is 5.11. The smallest absolute Gasteiger partial charge is 0.447 e. The van der Waals surface area contributed by atoms with Crippen molar-refractivity contribution in [1.29, 1.82) is 0 Å². The molecule has 4 heteroatoms. The molecule has 0 amide bonds. The minimum Gasteiger partial charge on any atom is -0.447 e. The first-order valence-electron chi connectivity index (χ1n) is 5.11. The summed E-state index contributed by atoms with van der Waals surface area (Å²) in [6.45, 7) is 1.92. The van der Waals surface area contributed by atoms with Crippen LogP contribution in [0.2, 0.25) is 0 Å². The SMILES string of the molecule is Cc1ccc(C(=O)Oc2cc[c-]cc2F)cc1.[Rb+]. The zero-order valence-electron chi connectivity index (χ0n) is 10.2. The molecule has 0 saturated heterocycles. The van der Waals surface area contributed by atoms with Gasteiger partial charge in [-0.3, -0.25) is 4.39 Å². The Labute approximate surface area is 154 Å². The average molecular weight is 315 g/mol. The van der Waals surface area contributed by atoms with E-state index in [1.807, 2.05) is 6.92 Å².